The molecule has 31 heavy (non-hydrogen) atoms. The minimum absolute atomic E-state index is 0.213. The Hall–Kier alpha value is -2.26. The maximum absolute atomic E-state index is 12.8. The zero-order chi connectivity index (χ0) is 21.7. The van der Waals surface area contributed by atoms with Crippen molar-refractivity contribution in [3.63, 3.8) is 0 Å². The predicted octanol–water partition coefficient (Wildman–Crippen LogP) is 2.95. The van der Waals surface area contributed by atoms with Gasteiger partial charge in [-0.1, -0.05) is 18.6 Å². The highest BCUT2D eigenvalue weighted by atomic mass is 32.2. The van der Waals surface area contributed by atoms with Crippen LogP contribution in [-0.4, -0.2) is 62.9 Å². The zero-order valence-electron chi connectivity index (χ0n) is 17.6. The van der Waals surface area contributed by atoms with Gasteiger partial charge in [0.15, 0.2) is 0 Å². The van der Waals surface area contributed by atoms with E-state index >= 15 is 0 Å². The summed E-state index contributed by atoms with van der Waals surface area (Å²) in [5.74, 6) is -0.213. The van der Waals surface area contributed by atoms with Crippen molar-refractivity contribution in [2.24, 2.45) is 0 Å². The van der Waals surface area contributed by atoms with Gasteiger partial charge in [-0.2, -0.15) is 4.31 Å². The summed E-state index contributed by atoms with van der Waals surface area (Å²) >= 11 is 0. The average Bonchev–Trinajstić information content (AvgIpc) is 2.81. The van der Waals surface area contributed by atoms with Crippen LogP contribution in [-0.2, 0) is 21.3 Å². The highest BCUT2D eigenvalue weighted by Gasteiger charge is 2.25. The number of nitrogens with zero attached hydrogens (tertiary/aromatic N) is 2. The third kappa shape index (κ3) is 5.51. The van der Waals surface area contributed by atoms with Crippen molar-refractivity contribution in [1.29, 1.82) is 0 Å². The van der Waals surface area contributed by atoms with Gasteiger partial charge >= 0.3 is 0 Å². The summed E-state index contributed by atoms with van der Waals surface area (Å²) in [6.07, 6.45) is 2.88. The normalized spacial score (nSPS) is 18.6. The number of carbonyl (C=O) groups excluding carboxylic acids is 1. The van der Waals surface area contributed by atoms with Gasteiger partial charge < -0.3 is 10.1 Å². The Balaban J connectivity index is 1.40. The van der Waals surface area contributed by atoms with E-state index in [0.717, 1.165) is 57.7 Å². The van der Waals surface area contributed by atoms with E-state index in [1.54, 1.807) is 34.6 Å². The molecular formula is C23H29N3O4S. The first-order valence-corrected chi connectivity index (χ1v) is 12.3. The van der Waals surface area contributed by atoms with E-state index in [1.807, 2.05) is 18.2 Å². The Morgan fingerprint density at radius 2 is 1.65 bits per heavy atom. The molecule has 1 N–H and O–H groups in total. The molecule has 0 atom stereocenters. The van der Waals surface area contributed by atoms with E-state index in [1.165, 1.54) is 0 Å². The number of carbonyl (C=O) groups is 1. The van der Waals surface area contributed by atoms with Crippen LogP contribution in [0.4, 0.5) is 5.69 Å². The lowest BCUT2D eigenvalue weighted by Gasteiger charge is -2.26. The molecule has 2 fully saturated rings. The smallest absolute Gasteiger partial charge is 0.255 e. The molecule has 2 aliphatic heterocycles. The summed E-state index contributed by atoms with van der Waals surface area (Å²) in [7, 11) is -3.47. The number of nitrogens with one attached hydrogen (secondary N) is 1. The maximum atomic E-state index is 12.8. The summed E-state index contributed by atoms with van der Waals surface area (Å²) in [6, 6.07) is 14.0. The van der Waals surface area contributed by atoms with Gasteiger partial charge in [0.2, 0.25) is 10.0 Å². The van der Waals surface area contributed by atoms with Gasteiger partial charge in [0.25, 0.3) is 5.91 Å². The molecule has 7 nitrogen and oxygen atoms in total. The van der Waals surface area contributed by atoms with Crippen molar-refractivity contribution in [1.82, 2.24) is 9.21 Å². The number of hydrogen-bond acceptors (Lipinski definition) is 5. The van der Waals surface area contributed by atoms with Crippen molar-refractivity contribution >= 4 is 21.6 Å². The monoisotopic (exact) mass is 443 g/mol. The standard InChI is InChI=1S/C23H29N3O4S/c27-23(20-6-4-5-19(17-20)18-25-13-15-30-16-14-25)24-21-7-9-22(10-8-21)31(28,29)26-11-2-1-3-12-26/h4-10,17H,1-3,11-16,18H2,(H,24,27). The largest absolute Gasteiger partial charge is 0.379 e. The number of rotatable bonds is 6. The molecule has 0 radical (unpaired) electrons. The lowest BCUT2D eigenvalue weighted by molar-refractivity contribution is 0.0342. The molecule has 0 saturated carbocycles. The molecule has 1 amide bonds. The Morgan fingerprint density at radius 3 is 2.35 bits per heavy atom. The molecule has 2 saturated heterocycles. The fraction of sp³-hybridized carbons (Fsp3) is 0.435. The molecule has 2 aliphatic rings. The summed E-state index contributed by atoms with van der Waals surface area (Å²) in [5, 5.41) is 2.87. The van der Waals surface area contributed by atoms with Gasteiger partial charge in [-0.25, -0.2) is 8.42 Å². The van der Waals surface area contributed by atoms with Gasteiger partial charge in [-0.15, -0.1) is 0 Å². The van der Waals surface area contributed by atoms with E-state index < -0.39 is 10.0 Å². The van der Waals surface area contributed by atoms with Crippen LogP contribution in [0.5, 0.6) is 0 Å². The van der Waals surface area contributed by atoms with Gasteiger partial charge in [0.05, 0.1) is 18.1 Å². The zero-order valence-corrected chi connectivity index (χ0v) is 18.4. The number of morpholine rings is 1. The van der Waals surface area contributed by atoms with E-state index in [0.29, 0.717) is 24.3 Å². The predicted molar refractivity (Wildman–Crippen MR) is 120 cm³/mol. The highest BCUT2D eigenvalue weighted by Crippen LogP contribution is 2.22. The van der Waals surface area contributed by atoms with Gasteiger partial charge in [0.1, 0.15) is 0 Å². The SMILES string of the molecule is O=C(Nc1ccc(S(=O)(=O)N2CCCCC2)cc1)c1cccc(CN2CCOCC2)c1. The highest BCUT2D eigenvalue weighted by molar-refractivity contribution is 7.89. The molecule has 0 unspecified atom stereocenters. The van der Waals surface area contributed by atoms with Gasteiger partial charge in [-0.3, -0.25) is 9.69 Å². The lowest BCUT2D eigenvalue weighted by atomic mass is 10.1. The fourth-order valence-electron chi connectivity index (χ4n) is 4.00. The number of benzene rings is 2. The van der Waals surface area contributed by atoms with Crippen molar-refractivity contribution in [2.45, 2.75) is 30.7 Å². The van der Waals surface area contributed by atoms with Crippen LogP contribution in [0.15, 0.2) is 53.4 Å². The van der Waals surface area contributed by atoms with Crippen molar-refractivity contribution in [3.05, 3.63) is 59.7 Å². The van der Waals surface area contributed by atoms with E-state index in [9.17, 15) is 13.2 Å². The Labute approximate surface area is 184 Å². The van der Waals surface area contributed by atoms with Crippen LogP contribution in [0.25, 0.3) is 0 Å². The van der Waals surface area contributed by atoms with Gasteiger partial charge in [-0.05, 0) is 54.8 Å². The van der Waals surface area contributed by atoms with Crippen molar-refractivity contribution < 1.29 is 17.9 Å². The van der Waals surface area contributed by atoms with E-state index in [2.05, 4.69) is 10.2 Å². The lowest BCUT2D eigenvalue weighted by Crippen LogP contribution is -2.35. The first kappa shape index (κ1) is 22.0. The number of hydrogen-bond donors (Lipinski definition) is 1. The molecular weight excluding hydrogens is 414 g/mol. The first-order chi connectivity index (χ1) is 15.0. The third-order valence-electron chi connectivity index (χ3n) is 5.76. The quantitative estimate of drug-likeness (QED) is 0.743. The topological polar surface area (TPSA) is 79.0 Å². The van der Waals surface area contributed by atoms with Crippen LogP contribution >= 0.6 is 0 Å². The third-order valence-corrected chi connectivity index (χ3v) is 7.68. The first-order valence-electron chi connectivity index (χ1n) is 10.8. The van der Waals surface area contributed by atoms with Crippen LogP contribution < -0.4 is 5.32 Å². The number of sulfonamides is 1. The van der Waals surface area contributed by atoms with Crippen LogP contribution in [0.1, 0.15) is 35.2 Å². The summed E-state index contributed by atoms with van der Waals surface area (Å²) < 4.78 is 32.5. The number of anilines is 1. The molecule has 2 heterocycles. The number of amides is 1. The molecule has 166 valence electrons. The Kier molecular flexibility index (Phi) is 7.02. The Bertz CT molecular complexity index is 996. The minimum atomic E-state index is -3.47. The van der Waals surface area contributed by atoms with E-state index in [4.69, 9.17) is 4.74 Å². The molecule has 0 aromatic heterocycles. The number of ether oxygens (including phenoxy) is 1. The molecule has 2 aromatic carbocycles. The van der Waals surface area contributed by atoms with Crippen LogP contribution in [0.3, 0.4) is 0 Å². The molecule has 0 spiro atoms. The molecule has 2 aromatic rings. The molecule has 0 bridgehead atoms. The van der Waals surface area contributed by atoms with Crippen LogP contribution in [0.2, 0.25) is 0 Å². The molecule has 8 heteroatoms. The molecule has 4 rings (SSSR count). The summed E-state index contributed by atoms with van der Waals surface area (Å²) in [6.45, 7) is 5.19. The maximum Gasteiger partial charge on any atom is 0.255 e. The average molecular weight is 444 g/mol. The van der Waals surface area contributed by atoms with Gasteiger partial charge in [0, 0.05) is 44.0 Å². The second kappa shape index (κ2) is 9.91. The van der Waals surface area contributed by atoms with E-state index in [-0.39, 0.29) is 10.8 Å². The second-order valence-electron chi connectivity index (χ2n) is 8.03. The fourth-order valence-corrected chi connectivity index (χ4v) is 5.51. The number of piperidine rings is 1. The summed E-state index contributed by atoms with van der Waals surface area (Å²) in [4.78, 5) is 15.3. The Morgan fingerprint density at radius 1 is 0.935 bits per heavy atom. The minimum Gasteiger partial charge on any atom is -0.379 e. The van der Waals surface area contributed by atoms with Crippen molar-refractivity contribution in [3.8, 4) is 0 Å². The molecule has 0 aliphatic carbocycles. The second-order valence-corrected chi connectivity index (χ2v) is 9.97. The van der Waals surface area contributed by atoms with Crippen LogP contribution in [0, 0.1) is 0 Å². The van der Waals surface area contributed by atoms with Crippen molar-refractivity contribution in [2.75, 3.05) is 44.7 Å². The summed E-state index contributed by atoms with van der Waals surface area (Å²) in [5.41, 5.74) is 2.23.